The summed E-state index contributed by atoms with van der Waals surface area (Å²) in [6, 6.07) is 8.35. The summed E-state index contributed by atoms with van der Waals surface area (Å²) in [4.78, 5) is 0. The topological polar surface area (TPSA) is 38.0 Å². The van der Waals surface area contributed by atoms with Gasteiger partial charge in [0.1, 0.15) is 0 Å². The quantitative estimate of drug-likeness (QED) is 0.804. The Morgan fingerprint density at radius 3 is 2.50 bits per heavy atom. The predicted molar refractivity (Wildman–Crippen MR) is 61.5 cm³/mol. The molecule has 1 aromatic carbocycles. The fourth-order valence-electron chi connectivity index (χ4n) is 1.44. The zero-order chi connectivity index (χ0) is 10.6. The first-order chi connectivity index (χ1) is 6.65. The lowest BCUT2D eigenvalue weighted by molar-refractivity contribution is 0.484. The first-order valence-electron chi connectivity index (χ1n) is 4.85. The molecular weight excluding hydrogens is 196 g/mol. The molecule has 0 fully saturated rings. The molecule has 1 rings (SSSR count). The van der Waals surface area contributed by atoms with E-state index in [1.165, 1.54) is 0 Å². The second kappa shape index (κ2) is 5.35. The molecule has 0 heterocycles. The third-order valence-corrected chi connectivity index (χ3v) is 2.40. The normalized spacial score (nSPS) is 13.2. The van der Waals surface area contributed by atoms with Crippen LogP contribution < -0.4 is 11.1 Å². The molecule has 0 aliphatic carbocycles. The largest absolute Gasteiger partial charge is 0.329 e. The van der Waals surface area contributed by atoms with Crippen molar-refractivity contribution in [3.8, 4) is 0 Å². The number of hydrogen-bond donors (Lipinski definition) is 2. The minimum Gasteiger partial charge on any atom is -0.329 e. The van der Waals surface area contributed by atoms with Crippen LogP contribution in [-0.2, 0) is 0 Å². The van der Waals surface area contributed by atoms with Gasteiger partial charge < -0.3 is 11.1 Å². The molecule has 0 saturated carbocycles. The maximum Gasteiger partial charge on any atom is 0.0461 e. The van der Waals surface area contributed by atoms with Gasteiger partial charge in [-0.25, -0.2) is 0 Å². The lowest BCUT2D eigenvalue weighted by Crippen LogP contribution is -2.33. The summed E-state index contributed by atoms with van der Waals surface area (Å²) >= 11 is 6.09. The van der Waals surface area contributed by atoms with Crippen molar-refractivity contribution >= 4 is 11.6 Å². The average Bonchev–Trinajstić information content (AvgIpc) is 2.15. The van der Waals surface area contributed by atoms with E-state index in [9.17, 15) is 0 Å². The second-order valence-corrected chi connectivity index (χ2v) is 4.04. The van der Waals surface area contributed by atoms with Gasteiger partial charge in [0, 0.05) is 23.7 Å². The van der Waals surface area contributed by atoms with Crippen molar-refractivity contribution in [1.82, 2.24) is 5.32 Å². The van der Waals surface area contributed by atoms with Gasteiger partial charge in [-0.1, -0.05) is 43.6 Å². The fourth-order valence-corrected chi connectivity index (χ4v) is 1.71. The molecular formula is C11H17ClN2. The van der Waals surface area contributed by atoms with Gasteiger partial charge in [-0.05, 0) is 11.6 Å². The number of rotatable bonds is 4. The van der Waals surface area contributed by atoms with Crippen LogP contribution in [0.15, 0.2) is 24.3 Å². The van der Waals surface area contributed by atoms with E-state index >= 15 is 0 Å². The van der Waals surface area contributed by atoms with E-state index in [0.717, 1.165) is 10.6 Å². The van der Waals surface area contributed by atoms with E-state index in [4.69, 9.17) is 17.3 Å². The molecule has 2 nitrogen and oxygen atoms in total. The van der Waals surface area contributed by atoms with Crippen LogP contribution in [0.2, 0.25) is 5.02 Å². The van der Waals surface area contributed by atoms with Crippen LogP contribution >= 0.6 is 11.6 Å². The van der Waals surface area contributed by atoms with E-state index < -0.39 is 0 Å². The average molecular weight is 213 g/mol. The van der Waals surface area contributed by atoms with Gasteiger partial charge in [0.15, 0.2) is 0 Å². The fraction of sp³-hybridized carbons (Fsp3) is 0.455. The maximum absolute atomic E-state index is 6.09. The SMILES string of the molecule is CC(C)NC(CN)c1ccccc1Cl. The van der Waals surface area contributed by atoms with Crippen LogP contribution in [0.5, 0.6) is 0 Å². The van der Waals surface area contributed by atoms with E-state index in [-0.39, 0.29) is 6.04 Å². The zero-order valence-corrected chi connectivity index (χ0v) is 9.38. The number of hydrogen-bond acceptors (Lipinski definition) is 2. The Morgan fingerprint density at radius 2 is 2.00 bits per heavy atom. The van der Waals surface area contributed by atoms with Crippen molar-refractivity contribution in [3.63, 3.8) is 0 Å². The highest BCUT2D eigenvalue weighted by Gasteiger charge is 2.12. The Morgan fingerprint density at radius 1 is 1.36 bits per heavy atom. The molecule has 0 bridgehead atoms. The number of nitrogens with one attached hydrogen (secondary N) is 1. The van der Waals surface area contributed by atoms with Crippen LogP contribution in [0, 0.1) is 0 Å². The second-order valence-electron chi connectivity index (χ2n) is 3.63. The molecule has 3 N–H and O–H groups in total. The van der Waals surface area contributed by atoms with Gasteiger partial charge >= 0.3 is 0 Å². The Bertz CT molecular complexity index is 286. The molecule has 0 aliphatic rings. The molecule has 0 spiro atoms. The van der Waals surface area contributed by atoms with E-state index in [1.54, 1.807) is 0 Å². The van der Waals surface area contributed by atoms with Crippen molar-refractivity contribution < 1.29 is 0 Å². The van der Waals surface area contributed by atoms with Crippen LogP contribution in [0.1, 0.15) is 25.5 Å². The van der Waals surface area contributed by atoms with Gasteiger partial charge in [-0.2, -0.15) is 0 Å². The highest BCUT2D eigenvalue weighted by atomic mass is 35.5. The number of benzene rings is 1. The van der Waals surface area contributed by atoms with E-state index in [0.29, 0.717) is 12.6 Å². The Labute approximate surface area is 90.4 Å². The zero-order valence-electron chi connectivity index (χ0n) is 8.63. The Balaban J connectivity index is 2.83. The first-order valence-corrected chi connectivity index (χ1v) is 5.23. The summed E-state index contributed by atoms with van der Waals surface area (Å²) in [7, 11) is 0. The Kier molecular flexibility index (Phi) is 4.39. The summed E-state index contributed by atoms with van der Waals surface area (Å²) in [5.74, 6) is 0. The van der Waals surface area contributed by atoms with Crippen molar-refractivity contribution in [1.29, 1.82) is 0 Å². The van der Waals surface area contributed by atoms with Crippen molar-refractivity contribution in [2.75, 3.05) is 6.54 Å². The highest BCUT2D eigenvalue weighted by molar-refractivity contribution is 6.31. The van der Waals surface area contributed by atoms with Crippen LogP contribution in [0.25, 0.3) is 0 Å². The van der Waals surface area contributed by atoms with E-state index in [1.807, 2.05) is 24.3 Å². The summed E-state index contributed by atoms with van der Waals surface area (Å²) in [6.07, 6.45) is 0. The predicted octanol–water partition coefficient (Wildman–Crippen LogP) is 2.34. The summed E-state index contributed by atoms with van der Waals surface area (Å²) in [5.41, 5.74) is 6.78. The van der Waals surface area contributed by atoms with Gasteiger partial charge in [0.2, 0.25) is 0 Å². The highest BCUT2D eigenvalue weighted by Crippen LogP contribution is 2.22. The summed E-state index contributed by atoms with van der Waals surface area (Å²) in [6.45, 7) is 4.75. The summed E-state index contributed by atoms with van der Waals surface area (Å²) in [5, 5.41) is 4.15. The van der Waals surface area contributed by atoms with Crippen molar-refractivity contribution in [2.24, 2.45) is 5.73 Å². The van der Waals surface area contributed by atoms with Crippen molar-refractivity contribution in [2.45, 2.75) is 25.9 Å². The molecule has 3 heteroatoms. The third-order valence-electron chi connectivity index (χ3n) is 2.05. The summed E-state index contributed by atoms with van der Waals surface area (Å²) < 4.78 is 0. The third kappa shape index (κ3) is 2.98. The van der Waals surface area contributed by atoms with Gasteiger partial charge in [-0.15, -0.1) is 0 Å². The number of nitrogens with two attached hydrogens (primary N) is 1. The lowest BCUT2D eigenvalue weighted by Gasteiger charge is -2.20. The van der Waals surface area contributed by atoms with Gasteiger partial charge in [0.05, 0.1) is 0 Å². The minimum absolute atomic E-state index is 0.142. The molecule has 1 aromatic rings. The Hall–Kier alpha value is -0.570. The lowest BCUT2D eigenvalue weighted by atomic mass is 10.1. The monoisotopic (exact) mass is 212 g/mol. The molecule has 0 amide bonds. The van der Waals surface area contributed by atoms with Crippen LogP contribution in [0.4, 0.5) is 0 Å². The molecule has 0 aliphatic heterocycles. The molecule has 78 valence electrons. The van der Waals surface area contributed by atoms with E-state index in [2.05, 4.69) is 19.2 Å². The van der Waals surface area contributed by atoms with Crippen LogP contribution in [-0.4, -0.2) is 12.6 Å². The standard InChI is InChI=1S/C11H17ClN2/c1-8(2)14-11(7-13)9-5-3-4-6-10(9)12/h3-6,8,11,14H,7,13H2,1-2H3. The number of halogens is 1. The molecule has 14 heavy (non-hydrogen) atoms. The minimum atomic E-state index is 0.142. The van der Waals surface area contributed by atoms with Crippen molar-refractivity contribution in [3.05, 3.63) is 34.9 Å². The molecule has 0 aromatic heterocycles. The maximum atomic E-state index is 6.09. The first kappa shape index (κ1) is 11.5. The van der Waals surface area contributed by atoms with Gasteiger partial charge in [0.25, 0.3) is 0 Å². The van der Waals surface area contributed by atoms with Gasteiger partial charge in [-0.3, -0.25) is 0 Å². The smallest absolute Gasteiger partial charge is 0.0461 e. The van der Waals surface area contributed by atoms with Crippen LogP contribution in [0.3, 0.4) is 0 Å². The molecule has 0 saturated heterocycles. The molecule has 1 atom stereocenters. The molecule has 0 radical (unpaired) electrons. The molecule has 1 unspecified atom stereocenters.